The van der Waals surface area contributed by atoms with Crippen LogP contribution in [0.3, 0.4) is 0 Å². The lowest BCUT2D eigenvalue weighted by Gasteiger charge is -2.23. The Kier molecular flexibility index (Phi) is 5.00. The highest BCUT2D eigenvalue weighted by atomic mass is 32.2. The molecular formula is C22H23NO4S. The lowest BCUT2D eigenvalue weighted by atomic mass is 10.1. The molecule has 28 heavy (non-hydrogen) atoms. The summed E-state index contributed by atoms with van der Waals surface area (Å²) in [7, 11) is -0.454. The third kappa shape index (κ3) is 3.57. The summed E-state index contributed by atoms with van der Waals surface area (Å²) in [6.45, 7) is 0.250. The first kappa shape index (κ1) is 18.8. The maximum atomic E-state index is 13.5. The third-order valence-electron chi connectivity index (χ3n) is 5.10. The van der Waals surface area contributed by atoms with Gasteiger partial charge >= 0.3 is 0 Å². The Morgan fingerprint density at radius 3 is 2.36 bits per heavy atom. The Morgan fingerprint density at radius 2 is 1.68 bits per heavy atom. The van der Waals surface area contributed by atoms with E-state index in [1.54, 1.807) is 30.7 Å². The molecule has 0 spiro atoms. The number of rotatable bonds is 7. The fraction of sp³-hybridized carbons (Fsp3) is 0.273. The SMILES string of the molecule is COc1ccc(OC)c(CN(C2CC2)S(=O)(=O)c2ccc3ccccc3c2)c1. The molecule has 0 heterocycles. The fourth-order valence-corrected chi connectivity index (χ4v) is 5.11. The van der Waals surface area contributed by atoms with Crippen molar-refractivity contribution in [2.45, 2.75) is 30.3 Å². The molecule has 0 atom stereocenters. The van der Waals surface area contributed by atoms with Crippen LogP contribution < -0.4 is 9.47 Å². The molecule has 0 unspecified atom stereocenters. The van der Waals surface area contributed by atoms with Crippen molar-refractivity contribution in [1.82, 2.24) is 4.31 Å². The van der Waals surface area contributed by atoms with Crippen molar-refractivity contribution in [3.05, 3.63) is 66.2 Å². The molecule has 0 bridgehead atoms. The predicted octanol–water partition coefficient (Wildman–Crippen LogP) is 4.21. The lowest BCUT2D eigenvalue weighted by Crippen LogP contribution is -2.32. The Morgan fingerprint density at radius 1 is 0.929 bits per heavy atom. The molecule has 0 aliphatic heterocycles. The van der Waals surface area contributed by atoms with Crippen LogP contribution in [0.1, 0.15) is 18.4 Å². The van der Waals surface area contributed by atoms with Gasteiger partial charge in [-0.2, -0.15) is 4.31 Å². The second-order valence-electron chi connectivity index (χ2n) is 6.97. The number of fused-ring (bicyclic) bond motifs is 1. The van der Waals surface area contributed by atoms with E-state index in [4.69, 9.17) is 9.47 Å². The smallest absolute Gasteiger partial charge is 0.243 e. The minimum atomic E-state index is -3.64. The molecule has 1 fully saturated rings. The van der Waals surface area contributed by atoms with Crippen molar-refractivity contribution in [3.63, 3.8) is 0 Å². The van der Waals surface area contributed by atoms with Gasteiger partial charge in [-0.3, -0.25) is 0 Å². The number of methoxy groups -OCH3 is 2. The van der Waals surface area contributed by atoms with Gasteiger partial charge in [-0.1, -0.05) is 30.3 Å². The zero-order valence-electron chi connectivity index (χ0n) is 16.0. The lowest BCUT2D eigenvalue weighted by molar-refractivity contribution is 0.369. The topological polar surface area (TPSA) is 55.8 Å². The van der Waals surface area contributed by atoms with Gasteiger partial charge in [0.25, 0.3) is 0 Å². The van der Waals surface area contributed by atoms with E-state index < -0.39 is 10.0 Å². The normalized spacial score (nSPS) is 14.4. The Bertz CT molecular complexity index is 1110. The summed E-state index contributed by atoms with van der Waals surface area (Å²) in [6.07, 6.45) is 1.75. The van der Waals surface area contributed by atoms with Crippen LogP contribution in [0.5, 0.6) is 11.5 Å². The third-order valence-corrected chi connectivity index (χ3v) is 6.99. The van der Waals surface area contributed by atoms with Gasteiger partial charge in [-0.15, -0.1) is 0 Å². The largest absolute Gasteiger partial charge is 0.497 e. The van der Waals surface area contributed by atoms with Crippen LogP contribution in [0.4, 0.5) is 0 Å². The maximum absolute atomic E-state index is 13.5. The molecule has 1 aliphatic carbocycles. The zero-order chi connectivity index (χ0) is 19.7. The van der Waals surface area contributed by atoms with Crippen LogP contribution in [0.15, 0.2) is 65.6 Å². The van der Waals surface area contributed by atoms with Crippen molar-refractivity contribution < 1.29 is 17.9 Å². The average molecular weight is 397 g/mol. The second kappa shape index (κ2) is 7.45. The van der Waals surface area contributed by atoms with Gasteiger partial charge in [0.05, 0.1) is 19.1 Å². The van der Waals surface area contributed by atoms with E-state index in [0.29, 0.717) is 16.4 Å². The Hall–Kier alpha value is -2.57. The molecule has 5 nitrogen and oxygen atoms in total. The molecule has 0 amide bonds. The van der Waals surface area contributed by atoms with Gasteiger partial charge in [0.15, 0.2) is 0 Å². The van der Waals surface area contributed by atoms with Gasteiger partial charge in [-0.25, -0.2) is 8.42 Å². The summed E-state index contributed by atoms with van der Waals surface area (Å²) >= 11 is 0. The maximum Gasteiger partial charge on any atom is 0.243 e. The van der Waals surface area contributed by atoms with Gasteiger partial charge in [0, 0.05) is 18.2 Å². The summed E-state index contributed by atoms with van der Waals surface area (Å²) in [5.41, 5.74) is 0.790. The molecular weight excluding hydrogens is 374 g/mol. The number of hydrogen-bond donors (Lipinski definition) is 0. The molecule has 0 saturated heterocycles. The minimum absolute atomic E-state index is 0.0207. The molecule has 146 valence electrons. The summed E-state index contributed by atoms with van der Waals surface area (Å²) in [5.74, 6) is 1.33. The van der Waals surface area contributed by atoms with Crippen molar-refractivity contribution in [3.8, 4) is 11.5 Å². The molecule has 1 aliphatic rings. The van der Waals surface area contributed by atoms with Crippen LogP contribution in [0.25, 0.3) is 10.8 Å². The highest BCUT2D eigenvalue weighted by molar-refractivity contribution is 7.89. The average Bonchev–Trinajstić information content (AvgIpc) is 3.56. The van der Waals surface area contributed by atoms with E-state index in [-0.39, 0.29) is 12.6 Å². The molecule has 4 rings (SSSR count). The Labute approximate surface area is 165 Å². The van der Waals surface area contributed by atoms with Crippen LogP contribution >= 0.6 is 0 Å². The van der Waals surface area contributed by atoms with Crippen LogP contribution in [0, 0.1) is 0 Å². The molecule has 0 N–H and O–H groups in total. The van der Waals surface area contributed by atoms with Gasteiger partial charge < -0.3 is 9.47 Å². The van der Waals surface area contributed by atoms with Gasteiger partial charge in [0.2, 0.25) is 10.0 Å². The monoisotopic (exact) mass is 397 g/mol. The quantitative estimate of drug-likeness (QED) is 0.599. The zero-order valence-corrected chi connectivity index (χ0v) is 16.8. The fourth-order valence-electron chi connectivity index (χ4n) is 3.41. The first-order chi connectivity index (χ1) is 13.5. The van der Waals surface area contributed by atoms with E-state index in [9.17, 15) is 8.42 Å². The summed E-state index contributed by atoms with van der Waals surface area (Å²) in [6, 6.07) is 18.5. The van der Waals surface area contributed by atoms with E-state index in [1.165, 1.54) is 0 Å². The van der Waals surface area contributed by atoms with E-state index in [1.807, 2.05) is 48.5 Å². The van der Waals surface area contributed by atoms with Gasteiger partial charge in [0.1, 0.15) is 11.5 Å². The van der Waals surface area contributed by atoms with Crippen molar-refractivity contribution >= 4 is 20.8 Å². The van der Waals surface area contributed by atoms with E-state index in [2.05, 4.69) is 0 Å². The molecule has 0 radical (unpaired) electrons. The summed E-state index contributed by atoms with van der Waals surface area (Å²) in [4.78, 5) is 0.319. The first-order valence-corrected chi connectivity index (χ1v) is 10.7. The number of ether oxygens (including phenoxy) is 2. The number of nitrogens with zero attached hydrogens (tertiary/aromatic N) is 1. The molecule has 3 aromatic carbocycles. The number of benzene rings is 3. The predicted molar refractivity (Wildman–Crippen MR) is 109 cm³/mol. The van der Waals surface area contributed by atoms with Crippen LogP contribution in [-0.4, -0.2) is 33.0 Å². The van der Waals surface area contributed by atoms with Crippen molar-refractivity contribution in [1.29, 1.82) is 0 Å². The molecule has 0 aromatic heterocycles. The number of sulfonamides is 1. The van der Waals surface area contributed by atoms with E-state index in [0.717, 1.165) is 29.2 Å². The number of hydrogen-bond acceptors (Lipinski definition) is 4. The van der Waals surface area contributed by atoms with E-state index >= 15 is 0 Å². The molecule has 1 saturated carbocycles. The highest BCUT2D eigenvalue weighted by Crippen LogP contribution is 2.36. The Balaban J connectivity index is 1.73. The second-order valence-corrected chi connectivity index (χ2v) is 8.86. The first-order valence-electron chi connectivity index (χ1n) is 9.24. The van der Waals surface area contributed by atoms with Crippen LogP contribution in [-0.2, 0) is 16.6 Å². The van der Waals surface area contributed by atoms with Crippen molar-refractivity contribution in [2.75, 3.05) is 14.2 Å². The summed E-state index contributed by atoms with van der Waals surface area (Å²) in [5, 5.41) is 1.94. The highest BCUT2D eigenvalue weighted by Gasteiger charge is 2.38. The van der Waals surface area contributed by atoms with Crippen molar-refractivity contribution in [2.24, 2.45) is 0 Å². The minimum Gasteiger partial charge on any atom is -0.497 e. The van der Waals surface area contributed by atoms with Crippen LogP contribution in [0.2, 0.25) is 0 Å². The van der Waals surface area contributed by atoms with Gasteiger partial charge in [-0.05, 0) is 53.9 Å². The molecule has 6 heteroatoms. The molecule has 3 aromatic rings. The summed E-state index contributed by atoms with van der Waals surface area (Å²) < 4.78 is 39.3. The standard InChI is InChI=1S/C22H23NO4S/c1-26-20-10-12-22(27-2)18(13-20)15-23(19-8-9-19)28(24,25)21-11-7-16-5-3-4-6-17(16)14-21/h3-7,10-14,19H,8-9,15H2,1-2H3.